The Morgan fingerprint density at radius 1 is 1.12 bits per heavy atom. The zero-order valence-electron chi connectivity index (χ0n) is 12.3. The van der Waals surface area contributed by atoms with Gasteiger partial charge in [-0.05, 0) is 30.3 Å². The van der Waals surface area contributed by atoms with E-state index in [1.807, 2.05) is 18.2 Å². The van der Waals surface area contributed by atoms with Gasteiger partial charge in [0.2, 0.25) is 5.91 Å². The summed E-state index contributed by atoms with van der Waals surface area (Å²) in [6.45, 7) is 0. The van der Waals surface area contributed by atoms with Crippen LogP contribution in [-0.4, -0.2) is 16.6 Å². The second kappa shape index (κ2) is 7.64. The fourth-order valence-electron chi connectivity index (χ4n) is 1.75. The van der Waals surface area contributed by atoms with Crippen molar-refractivity contribution in [2.45, 2.75) is 5.03 Å². The van der Waals surface area contributed by atoms with E-state index in [9.17, 15) is 4.79 Å². The molecule has 1 heterocycles. The number of pyridine rings is 1. The molecule has 1 aromatic heterocycles. The first-order valence-electron chi connectivity index (χ1n) is 6.61. The molecule has 0 unspecified atom stereocenters. The summed E-state index contributed by atoms with van der Waals surface area (Å²) in [6.07, 6.45) is 0. The van der Waals surface area contributed by atoms with E-state index in [0.717, 1.165) is 11.8 Å². The van der Waals surface area contributed by atoms with Gasteiger partial charge in [0.05, 0.1) is 28.5 Å². The summed E-state index contributed by atoms with van der Waals surface area (Å²) < 4.78 is 0. The van der Waals surface area contributed by atoms with E-state index in [-0.39, 0.29) is 28.6 Å². The molecule has 2 rings (SSSR count). The molecule has 24 heavy (non-hydrogen) atoms. The van der Waals surface area contributed by atoms with Gasteiger partial charge in [0.15, 0.2) is 0 Å². The topological polar surface area (TPSA) is 139 Å². The third kappa shape index (κ3) is 4.01. The molecule has 0 spiro atoms. The van der Waals surface area contributed by atoms with Crippen LogP contribution in [0.25, 0.3) is 0 Å². The molecule has 0 aliphatic heterocycles. The normalized spacial score (nSPS) is 9.38. The van der Waals surface area contributed by atoms with Crippen molar-refractivity contribution >= 4 is 29.2 Å². The molecular weight excluding hydrogens is 324 g/mol. The zero-order chi connectivity index (χ0) is 17.5. The van der Waals surface area contributed by atoms with Gasteiger partial charge in [-0.15, -0.1) is 0 Å². The maximum absolute atomic E-state index is 12.0. The van der Waals surface area contributed by atoms with E-state index >= 15 is 0 Å². The quantitative estimate of drug-likeness (QED) is 0.815. The van der Waals surface area contributed by atoms with Gasteiger partial charge in [0, 0.05) is 5.69 Å². The molecule has 0 fully saturated rings. The third-order valence-corrected chi connectivity index (χ3v) is 3.89. The highest BCUT2D eigenvalue weighted by Gasteiger charge is 2.12. The zero-order valence-corrected chi connectivity index (χ0v) is 13.1. The van der Waals surface area contributed by atoms with Crippen molar-refractivity contribution in [2.24, 2.45) is 0 Å². The lowest BCUT2D eigenvalue weighted by molar-refractivity contribution is -0.113. The Kier molecular flexibility index (Phi) is 5.36. The van der Waals surface area contributed by atoms with Gasteiger partial charge < -0.3 is 11.1 Å². The highest BCUT2D eigenvalue weighted by molar-refractivity contribution is 8.00. The van der Waals surface area contributed by atoms with Crippen LogP contribution in [0.4, 0.5) is 11.5 Å². The van der Waals surface area contributed by atoms with E-state index in [4.69, 9.17) is 21.5 Å². The number of nitriles is 3. The van der Waals surface area contributed by atoms with Gasteiger partial charge in [0.25, 0.3) is 0 Å². The molecule has 7 nitrogen and oxygen atoms in total. The summed E-state index contributed by atoms with van der Waals surface area (Å²) >= 11 is 1.05. The highest BCUT2D eigenvalue weighted by Crippen LogP contribution is 2.24. The van der Waals surface area contributed by atoms with Gasteiger partial charge in [-0.3, -0.25) is 4.79 Å². The summed E-state index contributed by atoms with van der Waals surface area (Å²) in [5.41, 5.74) is 7.01. The second-order valence-electron chi connectivity index (χ2n) is 4.52. The van der Waals surface area contributed by atoms with E-state index in [0.29, 0.717) is 16.3 Å². The fraction of sp³-hybridized carbons (Fsp3) is 0.0625. The number of anilines is 2. The number of amides is 1. The summed E-state index contributed by atoms with van der Waals surface area (Å²) in [5, 5.41) is 29.7. The summed E-state index contributed by atoms with van der Waals surface area (Å²) in [6, 6.07) is 13.6. The molecule has 0 bridgehead atoms. The Balaban J connectivity index is 2.04. The predicted octanol–water partition coefficient (Wildman–Crippen LogP) is 2.01. The van der Waals surface area contributed by atoms with Crippen molar-refractivity contribution in [1.82, 2.24) is 4.98 Å². The molecule has 2 aromatic rings. The van der Waals surface area contributed by atoms with Crippen LogP contribution in [0.2, 0.25) is 0 Å². The van der Waals surface area contributed by atoms with Crippen LogP contribution in [0.3, 0.4) is 0 Å². The van der Waals surface area contributed by atoms with Crippen molar-refractivity contribution in [3.05, 3.63) is 47.0 Å². The Bertz CT molecular complexity index is 902. The standard InChI is InChI=1S/C16H10N6OS/c17-6-10-1-3-13(4-2-10)21-14(23)9-24-16-12(8-19)5-11(7-18)15(20)22-16/h1-5H,9H2,(H2,20,22)(H,21,23). The maximum atomic E-state index is 12.0. The molecule has 8 heteroatoms. The first-order valence-corrected chi connectivity index (χ1v) is 7.59. The molecule has 0 radical (unpaired) electrons. The number of hydrogen-bond acceptors (Lipinski definition) is 7. The van der Waals surface area contributed by atoms with Gasteiger partial charge >= 0.3 is 0 Å². The number of carbonyl (C=O) groups excluding carboxylic acids is 1. The first-order chi connectivity index (χ1) is 11.6. The average molecular weight is 334 g/mol. The molecule has 0 saturated carbocycles. The lowest BCUT2D eigenvalue weighted by Gasteiger charge is -2.07. The average Bonchev–Trinajstić information content (AvgIpc) is 2.60. The number of rotatable bonds is 4. The minimum absolute atomic E-state index is 0.0199. The van der Waals surface area contributed by atoms with Gasteiger partial charge in [0.1, 0.15) is 23.0 Å². The molecule has 0 aliphatic carbocycles. The van der Waals surface area contributed by atoms with Crippen LogP contribution in [-0.2, 0) is 4.79 Å². The Morgan fingerprint density at radius 2 is 1.79 bits per heavy atom. The van der Waals surface area contributed by atoms with Crippen molar-refractivity contribution in [1.29, 1.82) is 15.8 Å². The molecule has 0 atom stereocenters. The Hall–Kier alpha value is -3.54. The number of nitrogens with one attached hydrogen (secondary N) is 1. The van der Waals surface area contributed by atoms with Crippen LogP contribution in [0.15, 0.2) is 35.4 Å². The first kappa shape index (κ1) is 16.8. The molecule has 1 aromatic carbocycles. The number of aromatic nitrogens is 1. The molecule has 1 amide bonds. The van der Waals surface area contributed by atoms with E-state index in [2.05, 4.69) is 10.3 Å². The Morgan fingerprint density at radius 3 is 2.38 bits per heavy atom. The molecule has 3 N–H and O–H groups in total. The number of benzene rings is 1. The fourth-order valence-corrected chi connectivity index (χ4v) is 2.51. The Labute approximate surface area is 142 Å². The summed E-state index contributed by atoms with van der Waals surface area (Å²) in [7, 11) is 0. The van der Waals surface area contributed by atoms with Crippen LogP contribution in [0.5, 0.6) is 0 Å². The van der Waals surface area contributed by atoms with Crippen molar-refractivity contribution in [3.8, 4) is 18.2 Å². The van der Waals surface area contributed by atoms with Crippen LogP contribution in [0, 0.1) is 34.0 Å². The van der Waals surface area contributed by atoms with Crippen molar-refractivity contribution in [3.63, 3.8) is 0 Å². The number of carbonyl (C=O) groups is 1. The third-order valence-electron chi connectivity index (χ3n) is 2.90. The SMILES string of the molecule is N#Cc1ccc(NC(=O)CSc2nc(N)c(C#N)cc2C#N)cc1. The maximum Gasteiger partial charge on any atom is 0.234 e. The number of thioether (sulfide) groups is 1. The van der Waals surface area contributed by atoms with Gasteiger partial charge in [-0.25, -0.2) is 4.98 Å². The van der Waals surface area contributed by atoms with Gasteiger partial charge in [-0.1, -0.05) is 11.8 Å². The lowest BCUT2D eigenvalue weighted by atomic mass is 10.2. The van der Waals surface area contributed by atoms with E-state index < -0.39 is 0 Å². The molecular formula is C16H10N6OS. The minimum atomic E-state index is -0.293. The molecule has 116 valence electrons. The number of nitrogens with zero attached hydrogens (tertiary/aromatic N) is 4. The second-order valence-corrected chi connectivity index (χ2v) is 5.49. The summed E-state index contributed by atoms with van der Waals surface area (Å²) in [4.78, 5) is 16.0. The molecule has 0 saturated heterocycles. The van der Waals surface area contributed by atoms with Crippen molar-refractivity contribution < 1.29 is 4.79 Å². The predicted molar refractivity (Wildman–Crippen MR) is 88.6 cm³/mol. The lowest BCUT2D eigenvalue weighted by Crippen LogP contribution is -2.14. The number of hydrogen-bond donors (Lipinski definition) is 2. The van der Waals surface area contributed by atoms with Crippen LogP contribution >= 0.6 is 11.8 Å². The monoisotopic (exact) mass is 334 g/mol. The highest BCUT2D eigenvalue weighted by atomic mass is 32.2. The van der Waals surface area contributed by atoms with Crippen molar-refractivity contribution in [2.75, 3.05) is 16.8 Å². The van der Waals surface area contributed by atoms with Gasteiger partial charge in [-0.2, -0.15) is 15.8 Å². The van der Waals surface area contributed by atoms with E-state index in [1.54, 1.807) is 24.3 Å². The molecule has 0 aliphatic rings. The summed E-state index contributed by atoms with van der Waals surface area (Å²) in [5.74, 6) is -0.252. The van der Waals surface area contributed by atoms with E-state index in [1.165, 1.54) is 6.07 Å². The minimum Gasteiger partial charge on any atom is -0.383 e. The largest absolute Gasteiger partial charge is 0.383 e. The smallest absolute Gasteiger partial charge is 0.234 e. The number of nitrogens with two attached hydrogens (primary N) is 1. The van der Waals surface area contributed by atoms with Crippen LogP contribution < -0.4 is 11.1 Å². The number of nitrogen functional groups attached to an aromatic ring is 1. The van der Waals surface area contributed by atoms with Crippen LogP contribution in [0.1, 0.15) is 16.7 Å².